The van der Waals surface area contributed by atoms with E-state index in [4.69, 9.17) is 0 Å². The minimum Gasteiger partial charge on any atom is -0.481 e. The Kier molecular flexibility index (Phi) is 7.32. The third-order valence-electron chi connectivity index (χ3n) is 11.1. The van der Waals surface area contributed by atoms with Gasteiger partial charge in [-0.25, -0.2) is 0 Å². The molecule has 4 bridgehead atoms. The number of carbonyl (C=O) groups excluding carboxylic acids is 2. The standard InChI is InChI=1S/C31H42N2O6/c34-28(24-18-5-7-20(14-18)26(24)30(36)37)32-22-9-1-16(2-10-22)13-17-3-11-23(12-4-17)33-29(35)25-19-6-8-21(15-19)27(25)31(38)39/h5-8,16-27H,1-4,9-15H2,(H,32,34)(H,33,35)(H,36,37)(H,38,39)/t16?,17?,18-,19-,20-,21-,22?,23?,24-,25+,26-,27-/m0/s1. The lowest BCUT2D eigenvalue weighted by molar-refractivity contribution is -0.148. The van der Waals surface area contributed by atoms with Crippen molar-refractivity contribution >= 4 is 23.8 Å². The Morgan fingerprint density at radius 1 is 0.538 bits per heavy atom. The van der Waals surface area contributed by atoms with Gasteiger partial charge in [-0.2, -0.15) is 0 Å². The van der Waals surface area contributed by atoms with E-state index in [1.807, 2.05) is 24.3 Å². The molecule has 6 rings (SSSR count). The summed E-state index contributed by atoms with van der Waals surface area (Å²) in [7, 11) is 0. The van der Waals surface area contributed by atoms with Gasteiger partial charge in [0.25, 0.3) is 0 Å². The molecule has 4 N–H and O–H groups in total. The number of amides is 2. The summed E-state index contributed by atoms with van der Waals surface area (Å²) in [5.74, 6) is -2.42. The van der Waals surface area contributed by atoms with E-state index in [9.17, 15) is 29.4 Å². The van der Waals surface area contributed by atoms with Gasteiger partial charge in [-0.3, -0.25) is 19.2 Å². The van der Waals surface area contributed by atoms with Crippen molar-refractivity contribution in [3.63, 3.8) is 0 Å². The number of carbonyl (C=O) groups is 4. The largest absolute Gasteiger partial charge is 0.481 e. The fraction of sp³-hybridized carbons (Fsp3) is 0.742. The molecule has 4 saturated carbocycles. The van der Waals surface area contributed by atoms with Crippen molar-refractivity contribution in [1.82, 2.24) is 10.6 Å². The molecule has 0 aliphatic heterocycles. The predicted octanol–water partition coefficient (Wildman–Crippen LogP) is 3.77. The molecule has 0 spiro atoms. The van der Waals surface area contributed by atoms with Gasteiger partial charge in [0, 0.05) is 12.1 Å². The van der Waals surface area contributed by atoms with Crippen LogP contribution in [-0.4, -0.2) is 46.0 Å². The summed E-state index contributed by atoms with van der Waals surface area (Å²) in [4.78, 5) is 49.6. The third kappa shape index (κ3) is 5.16. The molecule has 8 atom stereocenters. The molecule has 0 aromatic rings. The average molecular weight is 539 g/mol. The smallest absolute Gasteiger partial charge is 0.307 e. The minimum atomic E-state index is -0.850. The number of rotatable bonds is 8. The molecule has 212 valence electrons. The van der Waals surface area contributed by atoms with E-state index in [-0.39, 0.29) is 47.6 Å². The second-order valence-corrected chi connectivity index (χ2v) is 13.4. The Balaban J connectivity index is 0.912. The van der Waals surface area contributed by atoms with Crippen molar-refractivity contribution in [2.45, 2.75) is 82.7 Å². The third-order valence-corrected chi connectivity index (χ3v) is 11.1. The molecule has 6 aliphatic carbocycles. The van der Waals surface area contributed by atoms with E-state index in [1.165, 1.54) is 6.42 Å². The molecule has 0 heterocycles. The van der Waals surface area contributed by atoms with Gasteiger partial charge >= 0.3 is 11.9 Å². The van der Waals surface area contributed by atoms with Gasteiger partial charge in [-0.15, -0.1) is 0 Å². The second-order valence-electron chi connectivity index (χ2n) is 13.4. The van der Waals surface area contributed by atoms with E-state index < -0.39 is 35.6 Å². The van der Waals surface area contributed by atoms with Gasteiger partial charge in [0.2, 0.25) is 11.8 Å². The van der Waals surface area contributed by atoms with Crippen LogP contribution in [0.4, 0.5) is 0 Å². The molecule has 4 fully saturated rings. The number of carboxylic acid groups (broad SMARTS) is 2. The molecule has 0 saturated heterocycles. The number of carboxylic acids is 2. The van der Waals surface area contributed by atoms with E-state index in [2.05, 4.69) is 10.6 Å². The normalized spacial score (nSPS) is 43.9. The predicted molar refractivity (Wildman–Crippen MR) is 143 cm³/mol. The van der Waals surface area contributed by atoms with Crippen molar-refractivity contribution in [3.8, 4) is 0 Å². The maximum absolute atomic E-state index is 13.0. The number of aliphatic carboxylic acids is 2. The molecule has 8 heteroatoms. The number of hydrogen-bond acceptors (Lipinski definition) is 4. The highest BCUT2D eigenvalue weighted by molar-refractivity contribution is 5.87. The minimum absolute atomic E-state index is 0.000903. The van der Waals surface area contributed by atoms with Crippen molar-refractivity contribution in [2.24, 2.45) is 59.2 Å². The van der Waals surface area contributed by atoms with Gasteiger partial charge in [-0.05, 0) is 106 Å². The summed E-state index contributed by atoms with van der Waals surface area (Å²) in [6, 6.07) is 0.292. The van der Waals surface area contributed by atoms with E-state index >= 15 is 0 Å². The van der Waals surface area contributed by atoms with Crippen LogP contribution in [-0.2, 0) is 19.2 Å². The lowest BCUT2D eigenvalue weighted by Gasteiger charge is -2.35. The summed E-state index contributed by atoms with van der Waals surface area (Å²) in [5, 5.41) is 25.7. The fourth-order valence-electron chi connectivity index (χ4n) is 9.18. The van der Waals surface area contributed by atoms with Crippen LogP contribution < -0.4 is 10.6 Å². The lowest BCUT2D eigenvalue weighted by Crippen LogP contribution is -2.46. The van der Waals surface area contributed by atoms with Crippen molar-refractivity contribution in [2.75, 3.05) is 0 Å². The van der Waals surface area contributed by atoms with Crippen LogP contribution in [0.3, 0.4) is 0 Å². The Morgan fingerprint density at radius 3 is 1.21 bits per heavy atom. The van der Waals surface area contributed by atoms with Gasteiger partial charge in [0.1, 0.15) is 0 Å². The summed E-state index contributed by atoms with van der Waals surface area (Å²) in [5.41, 5.74) is 0. The molecule has 0 radical (unpaired) electrons. The monoisotopic (exact) mass is 538 g/mol. The van der Waals surface area contributed by atoms with Crippen LogP contribution in [0.5, 0.6) is 0 Å². The molecule has 6 aliphatic rings. The highest BCUT2D eigenvalue weighted by Crippen LogP contribution is 2.49. The Labute approximate surface area is 230 Å². The number of allylic oxidation sites excluding steroid dienone is 4. The van der Waals surface area contributed by atoms with Crippen LogP contribution in [0.2, 0.25) is 0 Å². The Hall–Kier alpha value is -2.64. The highest BCUT2D eigenvalue weighted by atomic mass is 16.4. The Bertz CT molecular complexity index is 971. The number of nitrogens with one attached hydrogen (secondary N) is 2. The van der Waals surface area contributed by atoms with Gasteiger partial charge in [-0.1, -0.05) is 24.3 Å². The molecular formula is C31H42N2O6. The van der Waals surface area contributed by atoms with Crippen LogP contribution >= 0.6 is 0 Å². The number of fused-ring (bicyclic) bond motifs is 4. The zero-order valence-electron chi connectivity index (χ0n) is 22.5. The summed E-state index contributed by atoms with van der Waals surface area (Å²) < 4.78 is 0. The summed E-state index contributed by atoms with van der Waals surface area (Å²) >= 11 is 0. The SMILES string of the molecule is O=C(O)[C@@H]1[C@@H](C(=O)NC2CCC(CC3CCC(NC(=O)[C@H]4[C@@H](C(=O)O)[C@H]5C=C[C@H]4C5)CC3)CC2)[C@H]2C=C[C@H]1C2. The zero-order chi connectivity index (χ0) is 27.3. The maximum Gasteiger partial charge on any atom is 0.307 e. The first kappa shape index (κ1) is 26.6. The molecule has 0 unspecified atom stereocenters. The number of hydrogen-bond donors (Lipinski definition) is 4. The van der Waals surface area contributed by atoms with E-state index in [1.54, 1.807) is 0 Å². The molecule has 0 aromatic carbocycles. The lowest BCUT2D eigenvalue weighted by atomic mass is 9.75. The van der Waals surface area contributed by atoms with E-state index in [0.717, 1.165) is 64.2 Å². The van der Waals surface area contributed by atoms with Crippen molar-refractivity contribution < 1.29 is 29.4 Å². The molecular weight excluding hydrogens is 496 g/mol. The van der Waals surface area contributed by atoms with Crippen molar-refractivity contribution in [1.29, 1.82) is 0 Å². The van der Waals surface area contributed by atoms with Gasteiger partial charge in [0.15, 0.2) is 0 Å². The Morgan fingerprint density at radius 2 is 0.872 bits per heavy atom. The first-order valence-corrected chi connectivity index (χ1v) is 15.2. The zero-order valence-corrected chi connectivity index (χ0v) is 22.5. The maximum atomic E-state index is 13.0. The molecule has 39 heavy (non-hydrogen) atoms. The molecule has 2 amide bonds. The van der Waals surface area contributed by atoms with Gasteiger partial charge in [0.05, 0.1) is 23.7 Å². The van der Waals surface area contributed by atoms with Gasteiger partial charge < -0.3 is 20.8 Å². The average Bonchev–Trinajstić information content (AvgIpc) is 3.71. The van der Waals surface area contributed by atoms with Crippen LogP contribution in [0.1, 0.15) is 70.6 Å². The van der Waals surface area contributed by atoms with E-state index in [0.29, 0.717) is 11.8 Å². The first-order valence-electron chi connectivity index (χ1n) is 15.2. The molecule has 0 aromatic heterocycles. The quantitative estimate of drug-likeness (QED) is 0.348. The first-order chi connectivity index (χ1) is 18.8. The molecule has 8 nitrogen and oxygen atoms in total. The van der Waals surface area contributed by atoms with Crippen LogP contribution in [0, 0.1) is 59.2 Å². The second kappa shape index (κ2) is 10.7. The highest BCUT2D eigenvalue weighted by Gasteiger charge is 2.53. The van der Waals surface area contributed by atoms with Crippen LogP contribution in [0.15, 0.2) is 24.3 Å². The fourth-order valence-corrected chi connectivity index (χ4v) is 9.18. The topological polar surface area (TPSA) is 133 Å². The van der Waals surface area contributed by atoms with Crippen molar-refractivity contribution in [3.05, 3.63) is 24.3 Å². The summed E-state index contributed by atoms with van der Waals surface area (Å²) in [6.45, 7) is 0. The summed E-state index contributed by atoms with van der Waals surface area (Å²) in [6.07, 6.45) is 19.0. The van der Waals surface area contributed by atoms with Crippen LogP contribution in [0.25, 0.3) is 0 Å².